The number of nitrogens with one attached hydrogen (secondary N) is 2. The number of carbonyl (C=O) groups excluding carboxylic acids is 2. The molecule has 0 saturated heterocycles. The lowest BCUT2D eigenvalue weighted by molar-refractivity contribution is -0.114. The summed E-state index contributed by atoms with van der Waals surface area (Å²) in [6, 6.07) is 10.8. The molecule has 178 valence electrons. The summed E-state index contributed by atoms with van der Waals surface area (Å²) in [5.41, 5.74) is -0.119. The number of benzene rings is 2. The van der Waals surface area contributed by atoms with Gasteiger partial charge in [-0.1, -0.05) is 32.0 Å². The fraction of sp³-hybridized carbons (Fsp3) is 0.208. The highest BCUT2D eigenvalue weighted by molar-refractivity contribution is 7.92. The van der Waals surface area contributed by atoms with Crippen LogP contribution in [0.15, 0.2) is 59.6 Å². The van der Waals surface area contributed by atoms with Crippen LogP contribution in [0.25, 0.3) is 0 Å². The number of nitrogens with zero attached hydrogens (tertiary/aromatic N) is 1. The van der Waals surface area contributed by atoms with Crippen molar-refractivity contribution in [1.82, 2.24) is 4.98 Å². The Balaban J connectivity index is 1.83. The molecule has 0 fully saturated rings. The van der Waals surface area contributed by atoms with Gasteiger partial charge in [-0.25, -0.2) is 22.2 Å². The molecule has 2 aromatic carbocycles. The lowest BCUT2D eigenvalue weighted by atomic mass is 10.0. The van der Waals surface area contributed by atoms with Gasteiger partial charge in [0.15, 0.2) is 11.6 Å². The first-order valence-electron chi connectivity index (χ1n) is 10.3. The Morgan fingerprint density at radius 1 is 1.00 bits per heavy atom. The van der Waals surface area contributed by atoms with Crippen LogP contribution < -0.4 is 10.0 Å². The SMILES string of the molecule is CC(=O)Nc1ccc(CC(=O)c2c(F)ccc(NS(=O)(=O)c3ccc(C(C)C)cc3)c2F)cn1. The smallest absolute Gasteiger partial charge is 0.261 e. The number of anilines is 2. The van der Waals surface area contributed by atoms with E-state index in [0.717, 1.165) is 17.7 Å². The second-order valence-corrected chi connectivity index (χ2v) is 9.63. The molecule has 2 N–H and O–H groups in total. The Morgan fingerprint density at radius 2 is 1.68 bits per heavy atom. The van der Waals surface area contributed by atoms with Gasteiger partial charge in [0.1, 0.15) is 11.6 Å². The highest BCUT2D eigenvalue weighted by Crippen LogP contribution is 2.26. The molecule has 1 aromatic heterocycles. The third-order valence-electron chi connectivity index (χ3n) is 4.96. The second kappa shape index (κ2) is 10.1. The zero-order valence-corrected chi connectivity index (χ0v) is 19.5. The molecule has 10 heteroatoms. The van der Waals surface area contributed by atoms with Crippen molar-refractivity contribution in [3.8, 4) is 0 Å². The average Bonchev–Trinajstić information content (AvgIpc) is 2.77. The van der Waals surface area contributed by atoms with Crippen LogP contribution in [0.3, 0.4) is 0 Å². The Kier molecular flexibility index (Phi) is 7.41. The Bertz CT molecular complexity index is 1320. The largest absolute Gasteiger partial charge is 0.311 e. The number of rotatable bonds is 8. The number of halogens is 2. The second-order valence-electron chi connectivity index (χ2n) is 7.95. The van der Waals surface area contributed by atoms with Gasteiger partial charge in [0.05, 0.1) is 16.1 Å². The highest BCUT2D eigenvalue weighted by atomic mass is 32.2. The lowest BCUT2D eigenvalue weighted by Gasteiger charge is -2.13. The van der Waals surface area contributed by atoms with Crippen LogP contribution in [0.4, 0.5) is 20.3 Å². The van der Waals surface area contributed by atoms with E-state index in [2.05, 4.69) is 15.0 Å². The van der Waals surface area contributed by atoms with E-state index in [1.54, 1.807) is 12.1 Å². The standard InChI is InChI=1S/C24H23F2N3O4S/c1-14(2)17-5-7-18(8-6-17)34(32,33)29-20-10-9-19(25)23(24(20)26)21(31)12-16-4-11-22(27-13-16)28-15(3)30/h4-11,13-14,29H,12H2,1-3H3,(H,27,28,30). The quantitative estimate of drug-likeness (QED) is 0.450. The number of sulfonamides is 1. The van der Waals surface area contributed by atoms with Gasteiger partial charge < -0.3 is 5.32 Å². The van der Waals surface area contributed by atoms with Crippen molar-refractivity contribution in [1.29, 1.82) is 0 Å². The molecule has 0 aliphatic carbocycles. The molecular weight excluding hydrogens is 464 g/mol. The van der Waals surface area contributed by atoms with Crippen molar-refractivity contribution < 1.29 is 26.8 Å². The molecule has 7 nitrogen and oxygen atoms in total. The van der Waals surface area contributed by atoms with Crippen LogP contribution in [0, 0.1) is 11.6 Å². The normalized spacial score (nSPS) is 11.4. The topological polar surface area (TPSA) is 105 Å². The minimum Gasteiger partial charge on any atom is -0.311 e. The fourth-order valence-electron chi connectivity index (χ4n) is 3.18. The van der Waals surface area contributed by atoms with E-state index in [1.165, 1.54) is 37.4 Å². The summed E-state index contributed by atoms with van der Waals surface area (Å²) in [6.45, 7) is 5.23. The van der Waals surface area contributed by atoms with E-state index < -0.39 is 38.7 Å². The molecular formula is C24H23F2N3O4S. The van der Waals surface area contributed by atoms with Crippen LogP contribution in [0.1, 0.15) is 48.2 Å². The number of aromatic nitrogens is 1. The molecule has 1 amide bonds. The summed E-state index contributed by atoms with van der Waals surface area (Å²) < 4.78 is 56.9. The molecule has 3 aromatic rings. The fourth-order valence-corrected chi connectivity index (χ4v) is 4.24. The predicted molar refractivity (Wildman–Crippen MR) is 124 cm³/mol. The predicted octanol–water partition coefficient (Wildman–Crippen LogP) is 4.67. The molecule has 0 aliphatic heterocycles. The van der Waals surface area contributed by atoms with Crippen molar-refractivity contribution in [2.75, 3.05) is 10.0 Å². The van der Waals surface area contributed by atoms with Crippen LogP contribution in [0.5, 0.6) is 0 Å². The molecule has 0 bridgehead atoms. The molecule has 0 unspecified atom stereocenters. The number of Topliss-reactive ketones (excluding diaryl/α,β-unsaturated/α-hetero) is 1. The van der Waals surface area contributed by atoms with E-state index in [9.17, 15) is 22.4 Å². The van der Waals surface area contributed by atoms with Gasteiger partial charge >= 0.3 is 0 Å². The highest BCUT2D eigenvalue weighted by Gasteiger charge is 2.24. The van der Waals surface area contributed by atoms with Crippen LogP contribution in [0.2, 0.25) is 0 Å². The third kappa shape index (κ3) is 5.82. The molecule has 3 rings (SSSR count). The van der Waals surface area contributed by atoms with Crippen LogP contribution in [-0.2, 0) is 21.2 Å². The van der Waals surface area contributed by atoms with Crippen molar-refractivity contribution in [2.24, 2.45) is 0 Å². The Morgan fingerprint density at radius 3 is 2.24 bits per heavy atom. The van der Waals surface area contributed by atoms with Crippen molar-refractivity contribution in [3.63, 3.8) is 0 Å². The maximum absolute atomic E-state index is 15.1. The molecule has 34 heavy (non-hydrogen) atoms. The number of amides is 1. The zero-order chi connectivity index (χ0) is 25.0. The number of ketones is 1. The van der Waals surface area contributed by atoms with Gasteiger partial charge in [0.25, 0.3) is 10.0 Å². The molecule has 1 heterocycles. The number of hydrogen-bond donors (Lipinski definition) is 2. The van der Waals surface area contributed by atoms with Crippen LogP contribution in [-0.4, -0.2) is 25.1 Å². The van der Waals surface area contributed by atoms with E-state index in [1.807, 2.05) is 13.8 Å². The molecule has 0 spiro atoms. The van der Waals surface area contributed by atoms with Gasteiger partial charge in [-0.3, -0.25) is 14.3 Å². The van der Waals surface area contributed by atoms with E-state index >= 15 is 4.39 Å². The van der Waals surface area contributed by atoms with Gasteiger partial charge in [-0.2, -0.15) is 0 Å². The molecule has 0 saturated carbocycles. The molecule has 0 radical (unpaired) electrons. The maximum Gasteiger partial charge on any atom is 0.261 e. The van der Waals surface area contributed by atoms with Crippen molar-refractivity contribution in [2.45, 2.75) is 38.0 Å². The van der Waals surface area contributed by atoms with Gasteiger partial charge in [-0.15, -0.1) is 0 Å². The summed E-state index contributed by atoms with van der Waals surface area (Å²) in [7, 11) is -4.18. The summed E-state index contributed by atoms with van der Waals surface area (Å²) in [6.07, 6.45) is 0.917. The monoisotopic (exact) mass is 487 g/mol. The maximum atomic E-state index is 15.1. The van der Waals surface area contributed by atoms with Gasteiger partial charge in [0, 0.05) is 19.5 Å². The van der Waals surface area contributed by atoms with Crippen molar-refractivity contribution in [3.05, 3.63) is 83.1 Å². The first-order chi connectivity index (χ1) is 16.0. The van der Waals surface area contributed by atoms with Gasteiger partial charge in [-0.05, 0) is 47.4 Å². The summed E-state index contributed by atoms with van der Waals surface area (Å²) in [5, 5.41) is 2.47. The number of carbonyl (C=O) groups is 2. The van der Waals surface area contributed by atoms with E-state index in [4.69, 9.17) is 0 Å². The minimum atomic E-state index is -4.18. The van der Waals surface area contributed by atoms with Crippen LogP contribution >= 0.6 is 0 Å². The zero-order valence-electron chi connectivity index (χ0n) is 18.7. The summed E-state index contributed by atoms with van der Waals surface area (Å²) >= 11 is 0. The Labute approximate surface area is 196 Å². The molecule has 0 atom stereocenters. The van der Waals surface area contributed by atoms with Gasteiger partial charge in [0.2, 0.25) is 5.91 Å². The first kappa shape index (κ1) is 25.0. The van der Waals surface area contributed by atoms with E-state index in [-0.39, 0.29) is 29.0 Å². The van der Waals surface area contributed by atoms with E-state index in [0.29, 0.717) is 5.56 Å². The first-order valence-corrected chi connectivity index (χ1v) is 11.8. The summed E-state index contributed by atoms with van der Waals surface area (Å²) in [4.78, 5) is 27.6. The average molecular weight is 488 g/mol. The minimum absolute atomic E-state index is 0.0983. The summed E-state index contributed by atoms with van der Waals surface area (Å²) in [5.74, 6) is -3.18. The molecule has 0 aliphatic rings. The third-order valence-corrected chi connectivity index (χ3v) is 6.35. The Hall–Kier alpha value is -3.66. The number of hydrogen-bond acceptors (Lipinski definition) is 5. The lowest BCUT2D eigenvalue weighted by Crippen LogP contribution is -2.17. The number of pyridine rings is 1. The van der Waals surface area contributed by atoms with Crippen molar-refractivity contribution >= 4 is 33.2 Å².